The maximum atomic E-state index is 13.1. The molecule has 1 fully saturated rings. The van der Waals surface area contributed by atoms with E-state index < -0.39 is 10.0 Å². The van der Waals surface area contributed by atoms with Crippen LogP contribution in [0, 0.1) is 5.92 Å². The number of sulfonamides is 1. The molecule has 10 heteroatoms. The van der Waals surface area contributed by atoms with Gasteiger partial charge in [-0.05, 0) is 49.5 Å². The molecule has 33 heavy (non-hydrogen) atoms. The van der Waals surface area contributed by atoms with E-state index in [0.29, 0.717) is 36.1 Å². The molecular weight excluding hydrogens is 458 g/mol. The van der Waals surface area contributed by atoms with Gasteiger partial charge in [-0.2, -0.15) is 4.31 Å². The lowest BCUT2D eigenvalue weighted by molar-refractivity contribution is -0.121. The Hall–Kier alpha value is -2.27. The number of thiophene rings is 1. The molecule has 8 nitrogen and oxygen atoms in total. The van der Waals surface area contributed by atoms with Gasteiger partial charge >= 0.3 is 0 Å². The van der Waals surface area contributed by atoms with Crippen molar-refractivity contribution >= 4 is 44.2 Å². The number of hydrogen-bond acceptors (Lipinski definition) is 6. The van der Waals surface area contributed by atoms with Crippen LogP contribution >= 0.6 is 11.3 Å². The molecule has 1 aromatic carbocycles. The molecule has 1 amide bonds. The normalized spacial score (nSPS) is 16.0. The third-order valence-corrected chi connectivity index (χ3v) is 9.61. The van der Waals surface area contributed by atoms with Crippen LogP contribution in [0.2, 0.25) is 0 Å². The standard InChI is InChI=1S/C23H31N5O3S2/c1-3-26(4-2)15-16-28-20-9-6-5-8-19(20)24-23(28)25-22(29)18-11-13-27(14-12-18)33(30,31)21-10-7-17-32-21/h5-10,17-18H,3-4,11-16H2,1-2H3,(H,24,25,29). The molecule has 0 unspecified atom stereocenters. The first-order chi connectivity index (χ1) is 15.9. The van der Waals surface area contributed by atoms with Crippen molar-refractivity contribution in [1.29, 1.82) is 0 Å². The molecule has 2 aromatic heterocycles. The second kappa shape index (κ2) is 10.3. The molecule has 0 saturated carbocycles. The van der Waals surface area contributed by atoms with Gasteiger partial charge in [-0.25, -0.2) is 13.4 Å². The smallest absolute Gasteiger partial charge is 0.252 e. The van der Waals surface area contributed by atoms with Gasteiger partial charge in [0.25, 0.3) is 10.0 Å². The van der Waals surface area contributed by atoms with Gasteiger partial charge in [-0.1, -0.05) is 32.0 Å². The average molecular weight is 490 g/mol. The number of benzene rings is 1. The van der Waals surface area contributed by atoms with Crippen LogP contribution in [0.4, 0.5) is 5.95 Å². The summed E-state index contributed by atoms with van der Waals surface area (Å²) in [5.74, 6) is 0.223. The Morgan fingerprint density at radius 2 is 1.88 bits per heavy atom. The zero-order chi connectivity index (χ0) is 23.4. The summed E-state index contributed by atoms with van der Waals surface area (Å²) in [7, 11) is -3.47. The first-order valence-electron chi connectivity index (χ1n) is 11.5. The van der Waals surface area contributed by atoms with Gasteiger partial charge in [0.15, 0.2) is 0 Å². The first-order valence-corrected chi connectivity index (χ1v) is 13.8. The van der Waals surface area contributed by atoms with E-state index in [0.717, 1.165) is 37.2 Å². The Morgan fingerprint density at radius 1 is 1.15 bits per heavy atom. The molecule has 3 aromatic rings. The predicted molar refractivity (Wildman–Crippen MR) is 132 cm³/mol. The summed E-state index contributed by atoms with van der Waals surface area (Å²) in [5.41, 5.74) is 1.85. The van der Waals surface area contributed by atoms with E-state index >= 15 is 0 Å². The average Bonchev–Trinajstić information content (AvgIpc) is 3.49. The van der Waals surface area contributed by atoms with E-state index in [1.165, 1.54) is 15.6 Å². The fourth-order valence-corrected chi connectivity index (χ4v) is 6.90. The fourth-order valence-electron chi connectivity index (χ4n) is 4.29. The Labute approximate surface area is 199 Å². The summed E-state index contributed by atoms with van der Waals surface area (Å²) in [6.07, 6.45) is 0.992. The molecule has 0 atom stereocenters. The number of anilines is 1. The van der Waals surface area contributed by atoms with Crippen molar-refractivity contribution in [2.75, 3.05) is 38.0 Å². The highest BCUT2D eigenvalue weighted by atomic mass is 32.2. The molecule has 178 valence electrons. The van der Waals surface area contributed by atoms with Crippen molar-refractivity contribution in [3.63, 3.8) is 0 Å². The second-order valence-electron chi connectivity index (χ2n) is 8.20. The minimum atomic E-state index is -3.47. The molecule has 1 aliphatic heterocycles. The second-order valence-corrected chi connectivity index (χ2v) is 11.3. The van der Waals surface area contributed by atoms with E-state index in [2.05, 4.69) is 33.6 Å². The van der Waals surface area contributed by atoms with Gasteiger partial charge in [0.1, 0.15) is 4.21 Å². The van der Waals surface area contributed by atoms with Crippen molar-refractivity contribution in [2.45, 2.75) is 37.4 Å². The number of para-hydroxylation sites is 2. The van der Waals surface area contributed by atoms with E-state index in [-0.39, 0.29) is 11.8 Å². The number of amides is 1. The summed E-state index contributed by atoms with van der Waals surface area (Å²) in [6.45, 7) is 8.51. The first kappa shape index (κ1) is 23.9. The number of carbonyl (C=O) groups is 1. The Kier molecular flexibility index (Phi) is 7.48. The lowest BCUT2D eigenvalue weighted by Gasteiger charge is -2.30. The topological polar surface area (TPSA) is 87.5 Å². The zero-order valence-corrected chi connectivity index (χ0v) is 20.7. The zero-order valence-electron chi connectivity index (χ0n) is 19.1. The molecule has 1 N–H and O–H groups in total. The van der Waals surface area contributed by atoms with Crippen LogP contribution in [0.15, 0.2) is 46.0 Å². The van der Waals surface area contributed by atoms with Gasteiger partial charge in [0.05, 0.1) is 11.0 Å². The van der Waals surface area contributed by atoms with Crippen molar-refractivity contribution in [1.82, 2.24) is 18.8 Å². The summed E-state index contributed by atoms with van der Waals surface area (Å²) >= 11 is 1.22. The number of piperidine rings is 1. The lowest BCUT2D eigenvalue weighted by atomic mass is 9.97. The maximum Gasteiger partial charge on any atom is 0.252 e. The number of likely N-dealkylation sites (N-methyl/N-ethyl adjacent to an activating group) is 1. The molecule has 3 heterocycles. The molecule has 4 rings (SSSR count). The fraction of sp³-hybridized carbons (Fsp3) is 0.478. The van der Waals surface area contributed by atoms with Crippen LogP contribution in [0.3, 0.4) is 0 Å². The molecule has 0 aliphatic carbocycles. The maximum absolute atomic E-state index is 13.1. The summed E-state index contributed by atoms with van der Waals surface area (Å²) in [5, 5.41) is 4.80. The summed E-state index contributed by atoms with van der Waals surface area (Å²) in [4.78, 5) is 20.1. The van der Waals surface area contributed by atoms with Crippen molar-refractivity contribution in [2.24, 2.45) is 5.92 Å². The monoisotopic (exact) mass is 489 g/mol. The lowest BCUT2D eigenvalue weighted by Crippen LogP contribution is -2.41. The van der Waals surface area contributed by atoms with Crippen molar-refractivity contribution in [3.8, 4) is 0 Å². The van der Waals surface area contributed by atoms with E-state index in [1.54, 1.807) is 17.5 Å². The van der Waals surface area contributed by atoms with Crippen LogP contribution in [0.5, 0.6) is 0 Å². The van der Waals surface area contributed by atoms with E-state index in [9.17, 15) is 13.2 Å². The molecular formula is C23H31N5O3S2. The third-order valence-electron chi connectivity index (χ3n) is 6.34. The highest BCUT2D eigenvalue weighted by molar-refractivity contribution is 7.91. The van der Waals surface area contributed by atoms with Crippen LogP contribution in [-0.4, -0.2) is 65.8 Å². The number of imidazole rings is 1. The number of aromatic nitrogens is 2. The van der Waals surface area contributed by atoms with Crippen LogP contribution in [0.25, 0.3) is 11.0 Å². The molecule has 0 bridgehead atoms. The van der Waals surface area contributed by atoms with Gasteiger partial charge < -0.3 is 9.47 Å². The molecule has 1 aliphatic rings. The van der Waals surface area contributed by atoms with Gasteiger partial charge in [0.2, 0.25) is 11.9 Å². The highest BCUT2D eigenvalue weighted by Crippen LogP contribution is 2.27. The van der Waals surface area contributed by atoms with E-state index in [4.69, 9.17) is 0 Å². The number of nitrogens with one attached hydrogen (secondary N) is 1. The Morgan fingerprint density at radius 3 is 2.55 bits per heavy atom. The van der Waals surface area contributed by atoms with Gasteiger partial charge in [-0.3, -0.25) is 10.1 Å². The molecule has 1 saturated heterocycles. The van der Waals surface area contributed by atoms with Gasteiger partial charge in [-0.15, -0.1) is 11.3 Å². The van der Waals surface area contributed by atoms with Gasteiger partial charge in [0, 0.05) is 32.1 Å². The number of rotatable bonds is 9. The minimum absolute atomic E-state index is 0.0948. The van der Waals surface area contributed by atoms with Crippen molar-refractivity contribution in [3.05, 3.63) is 41.8 Å². The van der Waals surface area contributed by atoms with Crippen LogP contribution < -0.4 is 5.32 Å². The number of carbonyl (C=O) groups excluding carboxylic acids is 1. The van der Waals surface area contributed by atoms with Crippen molar-refractivity contribution < 1.29 is 13.2 Å². The van der Waals surface area contributed by atoms with Crippen LogP contribution in [-0.2, 0) is 21.4 Å². The number of nitrogens with zero attached hydrogens (tertiary/aromatic N) is 4. The largest absolute Gasteiger partial charge is 0.309 e. The third kappa shape index (κ3) is 5.13. The predicted octanol–water partition coefficient (Wildman–Crippen LogP) is 3.48. The number of fused-ring (bicyclic) bond motifs is 1. The Balaban J connectivity index is 1.44. The van der Waals surface area contributed by atoms with Crippen LogP contribution in [0.1, 0.15) is 26.7 Å². The molecule has 0 spiro atoms. The quantitative estimate of drug-likeness (QED) is 0.497. The summed E-state index contributed by atoms with van der Waals surface area (Å²) in [6, 6.07) is 11.3. The highest BCUT2D eigenvalue weighted by Gasteiger charge is 2.33. The van der Waals surface area contributed by atoms with E-state index in [1.807, 2.05) is 24.3 Å². The minimum Gasteiger partial charge on any atom is -0.309 e. The molecule has 0 radical (unpaired) electrons. The SMILES string of the molecule is CCN(CC)CCn1c(NC(=O)C2CCN(S(=O)(=O)c3cccs3)CC2)nc2ccccc21. The summed E-state index contributed by atoms with van der Waals surface area (Å²) < 4.78 is 29.4. The Bertz CT molecular complexity index is 1180. The number of hydrogen-bond donors (Lipinski definition) is 1.